The maximum atomic E-state index is 12.5. The van der Waals surface area contributed by atoms with Gasteiger partial charge in [-0.15, -0.1) is 0 Å². The minimum absolute atomic E-state index is 0.155. The number of carbonyl (C=O) groups is 1. The number of carbonyl (C=O) groups excluding carboxylic acids is 1. The number of halogens is 2. The van der Waals surface area contributed by atoms with Gasteiger partial charge in [-0.2, -0.15) is 10.2 Å². The van der Waals surface area contributed by atoms with Crippen molar-refractivity contribution < 1.29 is 9.53 Å². The van der Waals surface area contributed by atoms with Crippen molar-refractivity contribution in [3.8, 4) is 5.75 Å². The molecular weight excluding hydrogens is 482 g/mol. The summed E-state index contributed by atoms with van der Waals surface area (Å²) in [5.41, 5.74) is 3.23. The van der Waals surface area contributed by atoms with E-state index in [9.17, 15) is 4.79 Å². The Hall–Kier alpha value is -3.10. The van der Waals surface area contributed by atoms with Gasteiger partial charge in [0.1, 0.15) is 5.75 Å². The molecule has 7 nitrogen and oxygen atoms in total. The second kappa shape index (κ2) is 9.36. The van der Waals surface area contributed by atoms with Crippen molar-refractivity contribution in [1.29, 1.82) is 0 Å². The highest BCUT2D eigenvalue weighted by Gasteiger charge is 2.12. The van der Waals surface area contributed by atoms with E-state index < -0.39 is 0 Å². The van der Waals surface area contributed by atoms with Crippen LogP contribution in [-0.4, -0.2) is 25.5 Å². The average Bonchev–Trinajstić information content (AvgIpc) is 3.37. The summed E-state index contributed by atoms with van der Waals surface area (Å²) >= 11 is 9.33. The number of anilines is 1. The van der Waals surface area contributed by atoms with Crippen LogP contribution in [-0.2, 0) is 13.3 Å². The van der Waals surface area contributed by atoms with Crippen LogP contribution in [0.5, 0.6) is 5.75 Å². The van der Waals surface area contributed by atoms with Gasteiger partial charge in [-0.05, 0) is 52.7 Å². The molecule has 4 aromatic rings. The summed E-state index contributed by atoms with van der Waals surface area (Å²) in [6, 6.07) is 15.1. The summed E-state index contributed by atoms with van der Waals surface area (Å²) in [6.07, 6.45) is 5.09. The predicted molar refractivity (Wildman–Crippen MR) is 122 cm³/mol. The van der Waals surface area contributed by atoms with Gasteiger partial charge in [0, 0.05) is 17.4 Å². The summed E-state index contributed by atoms with van der Waals surface area (Å²) in [5.74, 6) is 0.313. The second-order valence-corrected chi connectivity index (χ2v) is 8.25. The van der Waals surface area contributed by atoms with E-state index in [1.165, 1.54) is 10.2 Å². The van der Waals surface area contributed by atoms with Gasteiger partial charge in [-0.3, -0.25) is 9.48 Å². The molecule has 1 N–H and O–H groups in total. The summed E-state index contributed by atoms with van der Waals surface area (Å²) in [7, 11) is 0. The van der Waals surface area contributed by atoms with Crippen LogP contribution in [0.4, 0.5) is 5.69 Å². The summed E-state index contributed by atoms with van der Waals surface area (Å²) in [4.78, 5) is 12.5. The number of amides is 1. The second-order valence-electron chi connectivity index (χ2n) is 6.96. The lowest BCUT2D eigenvalue weighted by atomic mass is 10.1. The fourth-order valence-electron chi connectivity index (χ4n) is 2.99. The van der Waals surface area contributed by atoms with Crippen molar-refractivity contribution in [2.75, 3.05) is 5.32 Å². The predicted octanol–water partition coefficient (Wildman–Crippen LogP) is 5.14. The fraction of sp³-hybridized carbons (Fsp3) is 0.136. The number of nitrogens with one attached hydrogen (secondary N) is 1. The van der Waals surface area contributed by atoms with Crippen LogP contribution in [0.2, 0.25) is 5.02 Å². The monoisotopic (exact) mass is 499 g/mol. The van der Waals surface area contributed by atoms with Crippen molar-refractivity contribution in [2.24, 2.45) is 0 Å². The SMILES string of the molecule is Cc1cccc(Cn2cc(NC(=O)c3ccn(COc4ccc(Cl)cc4Br)n3)cn2)c1. The molecule has 0 aliphatic carbocycles. The van der Waals surface area contributed by atoms with E-state index in [0.29, 0.717) is 23.0 Å². The lowest BCUT2D eigenvalue weighted by Gasteiger charge is -2.08. The first-order valence-corrected chi connectivity index (χ1v) is 10.6. The number of aryl methyl sites for hydroxylation is 1. The molecule has 0 bridgehead atoms. The molecule has 2 aromatic carbocycles. The molecule has 4 rings (SSSR count). The average molecular weight is 501 g/mol. The molecule has 0 radical (unpaired) electrons. The highest BCUT2D eigenvalue weighted by Crippen LogP contribution is 2.28. The number of benzene rings is 2. The van der Waals surface area contributed by atoms with Crippen LogP contribution >= 0.6 is 27.5 Å². The molecule has 0 unspecified atom stereocenters. The third-order valence-electron chi connectivity index (χ3n) is 4.44. The maximum absolute atomic E-state index is 12.5. The molecule has 2 aromatic heterocycles. The van der Waals surface area contributed by atoms with E-state index in [1.807, 2.05) is 12.1 Å². The zero-order chi connectivity index (χ0) is 21.8. The number of nitrogens with zero attached hydrogens (tertiary/aromatic N) is 4. The summed E-state index contributed by atoms with van der Waals surface area (Å²) in [5, 5.41) is 12.0. The Morgan fingerprint density at radius 3 is 2.87 bits per heavy atom. The number of rotatable bonds is 7. The van der Waals surface area contributed by atoms with Crippen LogP contribution in [0.15, 0.2) is 71.6 Å². The molecule has 0 saturated heterocycles. The van der Waals surface area contributed by atoms with E-state index >= 15 is 0 Å². The van der Waals surface area contributed by atoms with Crippen molar-refractivity contribution >= 4 is 39.1 Å². The molecule has 1 amide bonds. The molecule has 2 heterocycles. The Labute approximate surface area is 192 Å². The van der Waals surface area contributed by atoms with E-state index in [2.05, 4.69) is 50.5 Å². The molecule has 0 aliphatic rings. The van der Waals surface area contributed by atoms with Crippen molar-refractivity contribution in [2.45, 2.75) is 20.2 Å². The first kappa shape index (κ1) is 21.1. The van der Waals surface area contributed by atoms with Crippen molar-refractivity contribution in [3.05, 3.63) is 93.4 Å². The molecule has 158 valence electrons. The van der Waals surface area contributed by atoms with E-state index in [-0.39, 0.29) is 18.3 Å². The summed E-state index contributed by atoms with van der Waals surface area (Å²) in [6.45, 7) is 2.84. The quantitative estimate of drug-likeness (QED) is 0.381. The third-order valence-corrected chi connectivity index (χ3v) is 5.29. The number of hydrogen-bond acceptors (Lipinski definition) is 4. The van der Waals surface area contributed by atoms with Crippen LogP contribution in [0.25, 0.3) is 0 Å². The maximum Gasteiger partial charge on any atom is 0.276 e. The third kappa shape index (κ3) is 5.53. The topological polar surface area (TPSA) is 74.0 Å². The molecule has 0 aliphatic heterocycles. The van der Waals surface area contributed by atoms with E-state index in [1.54, 1.807) is 47.5 Å². The normalized spacial score (nSPS) is 10.8. The van der Waals surface area contributed by atoms with Crippen molar-refractivity contribution in [3.63, 3.8) is 0 Å². The Bertz CT molecular complexity index is 1220. The molecule has 0 fully saturated rings. The van der Waals surface area contributed by atoms with Gasteiger partial charge in [0.15, 0.2) is 12.4 Å². The highest BCUT2D eigenvalue weighted by atomic mass is 79.9. The van der Waals surface area contributed by atoms with E-state index in [4.69, 9.17) is 16.3 Å². The van der Waals surface area contributed by atoms with Crippen LogP contribution in [0.3, 0.4) is 0 Å². The van der Waals surface area contributed by atoms with Gasteiger partial charge in [0.2, 0.25) is 0 Å². The van der Waals surface area contributed by atoms with Gasteiger partial charge in [0.05, 0.1) is 22.9 Å². The van der Waals surface area contributed by atoms with Crippen LogP contribution < -0.4 is 10.1 Å². The number of hydrogen-bond donors (Lipinski definition) is 1. The molecule has 0 saturated carbocycles. The van der Waals surface area contributed by atoms with Gasteiger partial charge >= 0.3 is 0 Å². The number of aromatic nitrogens is 4. The summed E-state index contributed by atoms with van der Waals surface area (Å²) < 4.78 is 9.77. The first-order valence-electron chi connectivity index (χ1n) is 9.47. The number of ether oxygens (including phenoxy) is 1. The largest absolute Gasteiger partial charge is 0.470 e. The standard InChI is InChI=1S/C22H19BrClN5O2/c1-15-3-2-4-16(9-15)12-29-13-18(11-25-29)26-22(30)20-7-8-28(27-20)14-31-21-6-5-17(24)10-19(21)23/h2-11,13H,12,14H2,1H3,(H,26,30). The first-order chi connectivity index (χ1) is 15.0. The van der Waals surface area contributed by atoms with Gasteiger partial charge < -0.3 is 10.1 Å². The lowest BCUT2D eigenvalue weighted by Crippen LogP contribution is -2.14. The Balaban J connectivity index is 1.34. The van der Waals surface area contributed by atoms with Gasteiger partial charge in [-0.1, -0.05) is 41.4 Å². The minimum atomic E-state index is -0.318. The Kier molecular flexibility index (Phi) is 6.39. The minimum Gasteiger partial charge on any atom is -0.470 e. The molecule has 0 spiro atoms. The zero-order valence-corrected chi connectivity index (χ0v) is 19.0. The Morgan fingerprint density at radius 2 is 2.06 bits per heavy atom. The smallest absolute Gasteiger partial charge is 0.276 e. The zero-order valence-electron chi connectivity index (χ0n) is 16.6. The molecule has 0 atom stereocenters. The van der Waals surface area contributed by atoms with Gasteiger partial charge in [-0.25, -0.2) is 4.68 Å². The lowest BCUT2D eigenvalue weighted by molar-refractivity contribution is 0.102. The molecular formula is C22H19BrClN5O2. The Morgan fingerprint density at radius 1 is 1.19 bits per heavy atom. The van der Waals surface area contributed by atoms with Gasteiger partial charge in [0.25, 0.3) is 5.91 Å². The van der Waals surface area contributed by atoms with E-state index in [0.717, 1.165) is 10.0 Å². The molecule has 31 heavy (non-hydrogen) atoms. The highest BCUT2D eigenvalue weighted by molar-refractivity contribution is 9.10. The van der Waals surface area contributed by atoms with Crippen molar-refractivity contribution in [1.82, 2.24) is 19.6 Å². The van der Waals surface area contributed by atoms with Crippen LogP contribution in [0, 0.1) is 6.92 Å². The molecule has 9 heteroatoms. The fourth-order valence-corrected chi connectivity index (χ4v) is 3.79. The van der Waals surface area contributed by atoms with Crippen LogP contribution in [0.1, 0.15) is 21.6 Å².